The maximum atomic E-state index is 2.55. The molecule has 2 heteroatoms. The van der Waals surface area contributed by atoms with Crippen molar-refractivity contribution in [2.75, 3.05) is 19.0 Å². The predicted octanol–water partition coefficient (Wildman–Crippen LogP) is 2.97. The lowest BCUT2D eigenvalue weighted by Gasteiger charge is -2.13. The van der Waals surface area contributed by atoms with Gasteiger partial charge in [-0.2, -0.15) is 0 Å². The van der Waals surface area contributed by atoms with Crippen LogP contribution in [0.4, 0.5) is 0 Å². The molecule has 1 aromatic rings. The summed E-state index contributed by atoms with van der Waals surface area (Å²) in [4.78, 5) is 2.55. The van der Waals surface area contributed by atoms with Gasteiger partial charge in [-0.1, -0.05) is 30.3 Å². The molecule has 0 N–H and O–H groups in total. The summed E-state index contributed by atoms with van der Waals surface area (Å²) in [7, 11) is 0. The first-order valence-electron chi connectivity index (χ1n) is 5.29. The number of thioether (sulfide) groups is 1. The minimum Gasteiger partial charge on any atom is -0.294 e. The lowest BCUT2D eigenvalue weighted by molar-refractivity contribution is 0.401. The zero-order chi connectivity index (χ0) is 9.64. The van der Waals surface area contributed by atoms with Gasteiger partial charge in [0.15, 0.2) is 0 Å². The van der Waals surface area contributed by atoms with Crippen molar-refractivity contribution >= 4 is 11.8 Å². The fraction of sp³-hybridized carbons (Fsp3) is 0.500. The smallest absolute Gasteiger partial charge is 0.0447 e. The van der Waals surface area contributed by atoms with Gasteiger partial charge in [-0.25, -0.2) is 0 Å². The highest BCUT2D eigenvalue weighted by Crippen LogP contribution is 2.16. The Kier molecular flexibility index (Phi) is 3.90. The van der Waals surface area contributed by atoms with Crippen LogP contribution < -0.4 is 0 Å². The van der Waals surface area contributed by atoms with E-state index >= 15 is 0 Å². The molecule has 0 amide bonds. The number of nitrogens with zero attached hydrogens (tertiary/aromatic N) is 1. The van der Waals surface area contributed by atoms with Crippen LogP contribution in [0.2, 0.25) is 0 Å². The third-order valence-electron chi connectivity index (χ3n) is 2.58. The normalized spacial score (nSPS) is 17.4. The molecule has 0 spiro atoms. The molecule has 1 aliphatic rings. The Morgan fingerprint density at radius 2 is 1.79 bits per heavy atom. The van der Waals surface area contributed by atoms with E-state index in [-0.39, 0.29) is 0 Å². The van der Waals surface area contributed by atoms with E-state index in [4.69, 9.17) is 0 Å². The van der Waals surface area contributed by atoms with Gasteiger partial charge in [0.05, 0.1) is 0 Å². The van der Waals surface area contributed by atoms with E-state index < -0.39 is 0 Å². The zero-order valence-electron chi connectivity index (χ0n) is 8.48. The first-order chi connectivity index (χ1) is 6.95. The molecule has 14 heavy (non-hydrogen) atoms. The van der Waals surface area contributed by atoms with Crippen LogP contribution in [0.3, 0.4) is 0 Å². The van der Waals surface area contributed by atoms with Crippen molar-refractivity contribution < 1.29 is 0 Å². The molecule has 0 bridgehead atoms. The van der Waals surface area contributed by atoms with Gasteiger partial charge in [0.25, 0.3) is 0 Å². The van der Waals surface area contributed by atoms with E-state index in [0.717, 1.165) is 5.75 Å². The fourth-order valence-electron chi connectivity index (χ4n) is 1.78. The summed E-state index contributed by atoms with van der Waals surface area (Å²) < 4.78 is 0. The van der Waals surface area contributed by atoms with Crippen molar-refractivity contribution in [1.29, 1.82) is 0 Å². The average molecular weight is 207 g/mol. The van der Waals surface area contributed by atoms with Crippen molar-refractivity contribution in [3.05, 3.63) is 35.9 Å². The monoisotopic (exact) mass is 207 g/mol. The maximum Gasteiger partial charge on any atom is 0.0447 e. The molecule has 0 radical (unpaired) electrons. The summed E-state index contributed by atoms with van der Waals surface area (Å²) in [5, 5.41) is 0. The number of likely N-dealkylation sites (tertiary alicyclic amines) is 1. The van der Waals surface area contributed by atoms with Gasteiger partial charge in [0.2, 0.25) is 0 Å². The zero-order valence-corrected chi connectivity index (χ0v) is 9.30. The van der Waals surface area contributed by atoms with Gasteiger partial charge in [-0.15, -0.1) is 11.8 Å². The second-order valence-corrected chi connectivity index (χ2v) is 4.74. The topological polar surface area (TPSA) is 3.24 Å². The van der Waals surface area contributed by atoms with E-state index in [2.05, 4.69) is 35.2 Å². The first-order valence-corrected chi connectivity index (χ1v) is 6.44. The standard InChI is InChI=1S/C12H17NS/c1-2-6-12(7-3-1)10-14-11-13-8-4-5-9-13/h1-3,6-7H,4-5,8-11H2. The van der Waals surface area contributed by atoms with Crippen LogP contribution in [-0.2, 0) is 5.75 Å². The third kappa shape index (κ3) is 3.03. The molecule has 1 heterocycles. The minimum atomic E-state index is 1.15. The van der Waals surface area contributed by atoms with E-state index in [1.54, 1.807) is 0 Å². The van der Waals surface area contributed by atoms with Crippen molar-refractivity contribution in [2.45, 2.75) is 18.6 Å². The molecule has 0 unspecified atom stereocenters. The Labute approximate surface area is 90.5 Å². The number of rotatable bonds is 4. The molecule has 76 valence electrons. The molecule has 1 aromatic carbocycles. The van der Waals surface area contributed by atoms with Crippen LogP contribution in [0.15, 0.2) is 30.3 Å². The Morgan fingerprint density at radius 1 is 1.07 bits per heavy atom. The van der Waals surface area contributed by atoms with Crippen LogP contribution in [0.5, 0.6) is 0 Å². The highest BCUT2D eigenvalue weighted by atomic mass is 32.2. The van der Waals surface area contributed by atoms with Crippen LogP contribution in [0.1, 0.15) is 18.4 Å². The molecule has 0 saturated carbocycles. The Morgan fingerprint density at radius 3 is 2.50 bits per heavy atom. The summed E-state index contributed by atoms with van der Waals surface area (Å²) in [6.07, 6.45) is 2.79. The van der Waals surface area contributed by atoms with Crippen molar-refractivity contribution in [3.63, 3.8) is 0 Å². The Balaban J connectivity index is 1.67. The molecule has 1 fully saturated rings. The number of hydrogen-bond donors (Lipinski definition) is 0. The van der Waals surface area contributed by atoms with E-state index in [0.29, 0.717) is 0 Å². The predicted molar refractivity (Wildman–Crippen MR) is 63.4 cm³/mol. The molecule has 1 nitrogen and oxygen atoms in total. The largest absolute Gasteiger partial charge is 0.294 e. The summed E-state index contributed by atoms with van der Waals surface area (Å²) in [5.41, 5.74) is 1.44. The van der Waals surface area contributed by atoms with E-state index in [9.17, 15) is 0 Å². The fourth-order valence-corrected chi connectivity index (χ4v) is 2.81. The molecular weight excluding hydrogens is 190 g/mol. The summed E-state index contributed by atoms with van der Waals surface area (Å²) in [6.45, 7) is 2.61. The molecule has 1 saturated heterocycles. The van der Waals surface area contributed by atoms with Crippen LogP contribution in [-0.4, -0.2) is 23.9 Å². The van der Waals surface area contributed by atoms with Gasteiger partial charge in [-0.3, -0.25) is 4.90 Å². The van der Waals surface area contributed by atoms with E-state index in [1.165, 1.54) is 37.4 Å². The second kappa shape index (κ2) is 5.42. The lowest BCUT2D eigenvalue weighted by atomic mass is 10.2. The SMILES string of the molecule is c1ccc(CSCN2CCCC2)cc1. The minimum absolute atomic E-state index is 1.15. The van der Waals surface area contributed by atoms with Crippen LogP contribution in [0, 0.1) is 0 Å². The van der Waals surface area contributed by atoms with Crippen molar-refractivity contribution in [3.8, 4) is 0 Å². The number of hydrogen-bond acceptors (Lipinski definition) is 2. The van der Waals surface area contributed by atoms with Crippen LogP contribution in [0.25, 0.3) is 0 Å². The van der Waals surface area contributed by atoms with Gasteiger partial charge < -0.3 is 0 Å². The molecule has 0 atom stereocenters. The summed E-state index contributed by atoms with van der Waals surface area (Å²) in [5.74, 6) is 2.35. The van der Waals surface area contributed by atoms with Gasteiger partial charge >= 0.3 is 0 Å². The quantitative estimate of drug-likeness (QED) is 0.746. The van der Waals surface area contributed by atoms with Crippen molar-refractivity contribution in [1.82, 2.24) is 4.90 Å². The Bertz CT molecular complexity index is 254. The summed E-state index contributed by atoms with van der Waals surface area (Å²) in [6, 6.07) is 10.7. The molecular formula is C12H17NS. The van der Waals surface area contributed by atoms with E-state index in [1.807, 2.05) is 11.8 Å². The number of benzene rings is 1. The third-order valence-corrected chi connectivity index (χ3v) is 3.67. The first kappa shape index (κ1) is 10.1. The maximum absolute atomic E-state index is 2.55. The summed E-state index contributed by atoms with van der Waals surface area (Å²) >= 11 is 2.03. The lowest BCUT2D eigenvalue weighted by Crippen LogP contribution is -2.18. The molecule has 1 aliphatic heterocycles. The average Bonchev–Trinajstić information content (AvgIpc) is 2.72. The van der Waals surface area contributed by atoms with Crippen molar-refractivity contribution in [2.24, 2.45) is 0 Å². The highest BCUT2D eigenvalue weighted by Gasteiger charge is 2.10. The van der Waals surface area contributed by atoms with Gasteiger partial charge in [0.1, 0.15) is 0 Å². The van der Waals surface area contributed by atoms with Gasteiger partial charge in [0, 0.05) is 11.6 Å². The van der Waals surface area contributed by atoms with Gasteiger partial charge in [-0.05, 0) is 31.5 Å². The second-order valence-electron chi connectivity index (χ2n) is 3.79. The highest BCUT2D eigenvalue weighted by molar-refractivity contribution is 7.98. The molecule has 0 aromatic heterocycles. The Hall–Kier alpha value is -0.470. The van der Waals surface area contributed by atoms with Crippen LogP contribution >= 0.6 is 11.8 Å². The molecule has 2 rings (SSSR count). The molecule has 0 aliphatic carbocycles.